The van der Waals surface area contributed by atoms with Crippen LogP contribution >= 0.6 is 0 Å². The summed E-state index contributed by atoms with van der Waals surface area (Å²) in [6, 6.07) is 3.45. The van der Waals surface area contributed by atoms with Gasteiger partial charge in [-0.3, -0.25) is 4.79 Å². The largest absolute Gasteiger partial charge is 0.468 e. The van der Waals surface area contributed by atoms with Gasteiger partial charge >= 0.3 is 5.97 Å². The Labute approximate surface area is 76.4 Å². The monoisotopic (exact) mass is 184 g/mol. The van der Waals surface area contributed by atoms with Gasteiger partial charge in [0.15, 0.2) is 0 Å². The maximum atomic E-state index is 11.2. The molecule has 13 heavy (non-hydrogen) atoms. The van der Waals surface area contributed by atoms with Crippen molar-refractivity contribution in [3.63, 3.8) is 0 Å². The maximum absolute atomic E-state index is 11.2. The van der Waals surface area contributed by atoms with Crippen molar-refractivity contribution in [2.45, 2.75) is 5.92 Å². The number of carbonyl (C=O) groups is 1. The summed E-state index contributed by atoms with van der Waals surface area (Å²) in [5.74, 6) is -0.254. The SMILES string of the molecule is COCC(C(=O)OC)c1ccco1. The lowest BCUT2D eigenvalue weighted by Gasteiger charge is -2.10. The highest BCUT2D eigenvalue weighted by Gasteiger charge is 2.23. The van der Waals surface area contributed by atoms with Crippen LogP contribution in [0.25, 0.3) is 0 Å². The van der Waals surface area contributed by atoms with E-state index in [2.05, 4.69) is 4.74 Å². The van der Waals surface area contributed by atoms with Gasteiger partial charge in [-0.2, -0.15) is 0 Å². The molecule has 0 aliphatic heterocycles. The highest BCUT2D eigenvalue weighted by Crippen LogP contribution is 2.17. The number of carbonyl (C=O) groups excluding carboxylic acids is 1. The number of esters is 1. The van der Waals surface area contributed by atoms with Crippen molar-refractivity contribution in [3.8, 4) is 0 Å². The van der Waals surface area contributed by atoms with Gasteiger partial charge in [0.25, 0.3) is 0 Å². The molecule has 1 atom stereocenters. The minimum atomic E-state index is -0.468. The lowest BCUT2D eigenvalue weighted by atomic mass is 10.1. The number of methoxy groups -OCH3 is 2. The molecule has 0 saturated heterocycles. The number of ether oxygens (including phenoxy) is 2. The number of hydrogen-bond acceptors (Lipinski definition) is 4. The van der Waals surface area contributed by atoms with Crippen LogP contribution in [0, 0.1) is 0 Å². The number of rotatable bonds is 4. The molecule has 0 aromatic carbocycles. The first kappa shape index (κ1) is 9.80. The molecular weight excluding hydrogens is 172 g/mol. The maximum Gasteiger partial charge on any atom is 0.318 e. The molecule has 0 aliphatic carbocycles. The third-order valence-electron chi connectivity index (χ3n) is 1.71. The lowest BCUT2D eigenvalue weighted by Crippen LogP contribution is -2.18. The molecule has 1 heterocycles. The summed E-state index contributed by atoms with van der Waals surface area (Å²) in [6.45, 7) is 0.264. The second-order valence-corrected chi connectivity index (χ2v) is 2.55. The van der Waals surface area contributed by atoms with Gasteiger partial charge in [0, 0.05) is 7.11 Å². The second-order valence-electron chi connectivity index (χ2n) is 2.55. The van der Waals surface area contributed by atoms with Crippen LogP contribution in [-0.2, 0) is 14.3 Å². The van der Waals surface area contributed by atoms with Gasteiger partial charge in [-0.05, 0) is 12.1 Å². The molecule has 0 amide bonds. The van der Waals surface area contributed by atoms with Crippen LogP contribution in [0.1, 0.15) is 11.7 Å². The van der Waals surface area contributed by atoms with E-state index in [4.69, 9.17) is 9.15 Å². The van der Waals surface area contributed by atoms with Gasteiger partial charge in [0.1, 0.15) is 11.7 Å². The van der Waals surface area contributed by atoms with Crippen molar-refractivity contribution in [1.29, 1.82) is 0 Å². The molecule has 1 aromatic rings. The molecule has 4 nitrogen and oxygen atoms in total. The Morgan fingerprint density at radius 1 is 1.62 bits per heavy atom. The van der Waals surface area contributed by atoms with Gasteiger partial charge in [-0.15, -0.1) is 0 Å². The zero-order valence-electron chi connectivity index (χ0n) is 7.65. The highest BCUT2D eigenvalue weighted by molar-refractivity contribution is 5.77. The first-order valence-corrected chi connectivity index (χ1v) is 3.89. The summed E-state index contributed by atoms with van der Waals surface area (Å²) in [7, 11) is 2.87. The molecule has 0 radical (unpaired) electrons. The number of furan rings is 1. The predicted molar refractivity (Wildman–Crippen MR) is 45.3 cm³/mol. The second kappa shape index (κ2) is 4.67. The Balaban J connectivity index is 2.74. The molecule has 1 aromatic heterocycles. The van der Waals surface area contributed by atoms with E-state index >= 15 is 0 Å². The first-order valence-electron chi connectivity index (χ1n) is 3.89. The fourth-order valence-electron chi connectivity index (χ4n) is 1.06. The average molecular weight is 184 g/mol. The molecule has 0 N–H and O–H groups in total. The third kappa shape index (κ3) is 2.32. The zero-order chi connectivity index (χ0) is 9.68. The van der Waals surface area contributed by atoms with Gasteiger partial charge in [0.2, 0.25) is 0 Å². The summed E-state index contributed by atoms with van der Waals surface area (Å²) in [5, 5.41) is 0. The van der Waals surface area contributed by atoms with Crippen molar-refractivity contribution in [1.82, 2.24) is 0 Å². The molecule has 1 rings (SSSR count). The first-order chi connectivity index (χ1) is 6.29. The normalized spacial score (nSPS) is 12.5. The van der Waals surface area contributed by atoms with E-state index in [0.29, 0.717) is 5.76 Å². The molecule has 0 fully saturated rings. The molecule has 0 bridgehead atoms. The topological polar surface area (TPSA) is 48.7 Å². The summed E-state index contributed by atoms with van der Waals surface area (Å²) < 4.78 is 14.6. The van der Waals surface area contributed by atoms with E-state index < -0.39 is 5.92 Å². The van der Waals surface area contributed by atoms with Crippen molar-refractivity contribution in [3.05, 3.63) is 24.2 Å². The van der Waals surface area contributed by atoms with Crippen LogP contribution in [0.2, 0.25) is 0 Å². The standard InChI is InChI=1S/C9H12O4/c1-11-6-7(9(10)12-2)8-4-3-5-13-8/h3-5,7H,6H2,1-2H3. The van der Waals surface area contributed by atoms with E-state index in [9.17, 15) is 4.79 Å². The number of hydrogen-bond donors (Lipinski definition) is 0. The van der Waals surface area contributed by atoms with Crippen molar-refractivity contribution in [2.75, 3.05) is 20.8 Å². The average Bonchev–Trinajstić information content (AvgIpc) is 2.65. The van der Waals surface area contributed by atoms with Crippen molar-refractivity contribution < 1.29 is 18.7 Å². The van der Waals surface area contributed by atoms with E-state index in [-0.39, 0.29) is 12.6 Å². The van der Waals surface area contributed by atoms with Crippen LogP contribution < -0.4 is 0 Å². The molecule has 1 unspecified atom stereocenters. The molecular formula is C9H12O4. The fourth-order valence-corrected chi connectivity index (χ4v) is 1.06. The predicted octanol–water partition coefficient (Wildman–Crippen LogP) is 1.18. The van der Waals surface area contributed by atoms with E-state index in [0.717, 1.165) is 0 Å². The van der Waals surface area contributed by atoms with Crippen molar-refractivity contribution in [2.24, 2.45) is 0 Å². The van der Waals surface area contributed by atoms with Crippen LogP contribution in [-0.4, -0.2) is 26.8 Å². The summed E-state index contributed by atoms with van der Waals surface area (Å²) in [4.78, 5) is 11.2. The smallest absolute Gasteiger partial charge is 0.318 e. The molecule has 0 aliphatic rings. The zero-order valence-corrected chi connectivity index (χ0v) is 7.65. The minimum absolute atomic E-state index is 0.264. The van der Waals surface area contributed by atoms with Gasteiger partial charge in [-0.1, -0.05) is 0 Å². The quantitative estimate of drug-likeness (QED) is 0.659. The van der Waals surface area contributed by atoms with E-state index in [1.165, 1.54) is 20.5 Å². The van der Waals surface area contributed by atoms with Gasteiger partial charge in [0.05, 0.1) is 20.0 Å². The third-order valence-corrected chi connectivity index (χ3v) is 1.71. The van der Waals surface area contributed by atoms with Crippen LogP contribution in [0.15, 0.2) is 22.8 Å². The van der Waals surface area contributed by atoms with Gasteiger partial charge < -0.3 is 13.9 Å². The van der Waals surface area contributed by atoms with Crippen LogP contribution in [0.4, 0.5) is 0 Å². The summed E-state index contributed by atoms with van der Waals surface area (Å²) >= 11 is 0. The van der Waals surface area contributed by atoms with E-state index in [1.807, 2.05) is 0 Å². The Morgan fingerprint density at radius 2 is 2.38 bits per heavy atom. The van der Waals surface area contributed by atoms with Crippen LogP contribution in [0.3, 0.4) is 0 Å². The molecule has 4 heteroatoms. The van der Waals surface area contributed by atoms with Crippen LogP contribution in [0.5, 0.6) is 0 Å². The summed E-state index contributed by atoms with van der Waals surface area (Å²) in [6.07, 6.45) is 1.51. The molecule has 72 valence electrons. The summed E-state index contributed by atoms with van der Waals surface area (Å²) in [5.41, 5.74) is 0. The highest BCUT2D eigenvalue weighted by atomic mass is 16.5. The molecule has 0 saturated carbocycles. The fraction of sp³-hybridized carbons (Fsp3) is 0.444. The minimum Gasteiger partial charge on any atom is -0.468 e. The molecule has 0 spiro atoms. The Morgan fingerprint density at radius 3 is 2.85 bits per heavy atom. The Bertz CT molecular complexity index is 253. The Hall–Kier alpha value is -1.29. The van der Waals surface area contributed by atoms with Crippen molar-refractivity contribution >= 4 is 5.97 Å². The lowest BCUT2D eigenvalue weighted by molar-refractivity contribution is -0.144. The van der Waals surface area contributed by atoms with Gasteiger partial charge in [-0.25, -0.2) is 0 Å². The van der Waals surface area contributed by atoms with E-state index in [1.54, 1.807) is 12.1 Å². The Kier molecular flexibility index (Phi) is 3.52.